The molecule has 2 unspecified atom stereocenters. The number of furan rings is 1. The molecule has 0 saturated carbocycles. The highest BCUT2D eigenvalue weighted by Gasteiger charge is 2.40. The number of hydrogen-bond donors (Lipinski definition) is 0. The zero-order valence-electron chi connectivity index (χ0n) is 12.9. The molecule has 118 valence electrons. The van der Waals surface area contributed by atoms with E-state index in [-0.39, 0.29) is 18.3 Å². The minimum absolute atomic E-state index is 0.227. The lowest BCUT2D eigenvalue weighted by Crippen LogP contribution is -2.33. The second-order valence-electron chi connectivity index (χ2n) is 5.50. The highest BCUT2D eigenvalue weighted by atomic mass is 16.5. The lowest BCUT2D eigenvalue weighted by molar-refractivity contribution is -0.151. The molecule has 0 aliphatic heterocycles. The Bertz CT molecular complexity index is 713. The molecule has 1 aliphatic carbocycles. The Kier molecular flexibility index (Phi) is 4.42. The number of hydrogen-bond acceptors (Lipinski definition) is 4. The summed E-state index contributed by atoms with van der Waals surface area (Å²) in [6, 6.07) is 13.2. The molecular formula is C19H18O4. The zero-order chi connectivity index (χ0) is 16.2. The quantitative estimate of drug-likeness (QED) is 0.639. The summed E-state index contributed by atoms with van der Waals surface area (Å²) in [5.41, 5.74) is 1.77. The van der Waals surface area contributed by atoms with E-state index < -0.39 is 11.9 Å². The van der Waals surface area contributed by atoms with E-state index in [4.69, 9.17) is 9.15 Å². The van der Waals surface area contributed by atoms with Gasteiger partial charge in [0.2, 0.25) is 0 Å². The third kappa shape index (κ3) is 3.11. The molecule has 1 aromatic carbocycles. The number of allylic oxidation sites excluding steroid dienone is 2. The normalized spacial score (nSPS) is 20.9. The molecule has 2 aromatic rings. The van der Waals surface area contributed by atoms with Gasteiger partial charge in [-0.25, -0.2) is 0 Å². The number of carbonyl (C=O) groups is 2. The second kappa shape index (κ2) is 6.65. The maximum Gasteiger partial charge on any atom is 0.317 e. The van der Waals surface area contributed by atoms with Crippen molar-refractivity contribution >= 4 is 17.3 Å². The minimum atomic E-state index is -0.795. The van der Waals surface area contributed by atoms with E-state index >= 15 is 0 Å². The van der Waals surface area contributed by atoms with Crippen LogP contribution in [0.2, 0.25) is 0 Å². The van der Waals surface area contributed by atoms with Gasteiger partial charge < -0.3 is 9.15 Å². The van der Waals surface area contributed by atoms with Gasteiger partial charge in [-0.1, -0.05) is 30.3 Å². The van der Waals surface area contributed by atoms with Crippen molar-refractivity contribution in [2.24, 2.45) is 5.92 Å². The largest absolute Gasteiger partial charge is 0.465 e. The Morgan fingerprint density at radius 3 is 2.65 bits per heavy atom. The Morgan fingerprint density at radius 2 is 2.00 bits per heavy atom. The smallest absolute Gasteiger partial charge is 0.317 e. The van der Waals surface area contributed by atoms with Crippen molar-refractivity contribution in [2.45, 2.75) is 19.3 Å². The summed E-state index contributed by atoms with van der Waals surface area (Å²) in [5.74, 6) is -1.05. The van der Waals surface area contributed by atoms with Crippen molar-refractivity contribution in [3.8, 4) is 0 Å². The van der Waals surface area contributed by atoms with E-state index in [0.29, 0.717) is 12.2 Å². The van der Waals surface area contributed by atoms with E-state index in [0.717, 1.165) is 11.1 Å². The Labute approximate surface area is 134 Å². The molecule has 0 radical (unpaired) electrons. The van der Waals surface area contributed by atoms with Crippen LogP contribution in [-0.4, -0.2) is 18.4 Å². The van der Waals surface area contributed by atoms with Crippen LogP contribution < -0.4 is 0 Å². The molecule has 23 heavy (non-hydrogen) atoms. The van der Waals surface area contributed by atoms with Gasteiger partial charge in [0.1, 0.15) is 11.7 Å². The summed E-state index contributed by atoms with van der Waals surface area (Å²) in [6.07, 6.45) is 3.65. The summed E-state index contributed by atoms with van der Waals surface area (Å²) in [7, 11) is 0. The maximum absolute atomic E-state index is 12.6. The first-order valence-corrected chi connectivity index (χ1v) is 7.70. The summed E-state index contributed by atoms with van der Waals surface area (Å²) in [5, 5.41) is 0. The number of ether oxygens (including phenoxy) is 1. The number of carbonyl (C=O) groups excluding carboxylic acids is 2. The van der Waals surface area contributed by atoms with Crippen LogP contribution in [0.4, 0.5) is 0 Å². The summed E-state index contributed by atoms with van der Waals surface area (Å²) in [4.78, 5) is 24.9. The number of esters is 1. The van der Waals surface area contributed by atoms with Crippen molar-refractivity contribution in [2.75, 3.05) is 6.61 Å². The standard InChI is InChI=1S/C19H18O4/c1-2-22-19(21)18-15(13-7-4-3-5-8-13)11-14(12-16(18)20)17-9-6-10-23-17/h3-10,12,15,18H,2,11H2,1H3. The van der Waals surface area contributed by atoms with E-state index in [9.17, 15) is 9.59 Å². The van der Waals surface area contributed by atoms with Crippen LogP contribution in [0.15, 0.2) is 59.2 Å². The van der Waals surface area contributed by atoms with Gasteiger partial charge in [-0.2, -0.15) is 0 Å². The molecule has 1 aromatic heterocycles. The van der Waals surface area contributed by atoms with Crippen molar-refractivity contribution in [3.05, 3.63) is 66.1 Å². The molecule has 0 N–H and O–H groups in total. The van der Waals surface area contributed by atoms with Crippen molar-refractivity contribution in [3.63, 3.8) is 0 Å². The van der Waals surface area contributed by atoms with E-state index in [1.807, 2.05) is 36.4 Å². The van der Waals surface area contributed by atoms with Gasteiger partial charge >= 0.3 is 5.97 Å². The molecule has 1 heterocycles. The van der Waals surface area contributed by atoms with Gasteiger partial charge in [-0.05, 0) is 42.7 Å². The van der Waals surface area contributed by atoms with Crippen molar-refractivity contribution < 1.29 is 18.7 Å². The third-order valence-electron chi connectivity index (χ3n) is 4.07. The predicted molar refractivity (Wildman–Crippen MR) is 85.6 cm³/mol. The van der Waals surface area contributed by atoms with Crippen molar-refractivity contribution in [1.82, 2.24) is 0 Å². The molecule has 0 spiro atoms. The molecule has 3 rings (SSSR count). The molecule has 2 atom stereocenters. The first-order chi connectivity index (χ1) is 11.2. The zero-order valence-corrected chi connectivity index (χ0v) is 12.9. The number of benzene rings is 1. The molecule has 1 aliphatic rings. The van der Waals surface area contributed by atoms with Crippen LogP contribution >= 0.6 is 0 Å². The van der Waals surface area contributed by atoms with Crippen LogP contribution in [0.25, 0.3) is 5.57 Å². The Balaban J connectivity index is 2.00. The average Bonchev–Trinajstić information content (AvgIpc) is 3.09. The molecule has 0 amide bonds. The van der Waals surface area contributed by atoms with Gasteiger partial charge in [-0.3, -0.25) is 9.59 Å². The molecule has 0 bridgehead atoms. The highest BCUT2D eigenvalue weighted by molar-refractivity contribution is 6.10. The predicted octanol–water partition coefficient (Wildman–Crippen LogP) is 3.60. The van der Waals surface area contributed by atoms with E-state index in [1.165, 1.54) is 6.08 Å². The molecule has 4 heteroatoms. The van der Waals surface area contributed by atoms with E-state index in [2.05, 4.69) is 0 Å². The van der Waals surface area contributed by atoms with Crippen LogP contribution in [0.1, 0.15) is 30.6 Å². The van der Waals surface area contributed by atoms with Crippen molar-refractivity contribution in [1.29, 1.82) is 0 Å². The first-order valence-electron chi connectivity index (χ1n) is 7.70. The topological polar surface area (TPSA) is 56.5 Å². The molecular weight excluding hydrogens is 292 g/mol. The van der Waals surface area contributed by atoms with Gasteiger partial charge in [0.05, 0.1) is 12.9 Å². The summed E-state index contributed by atoms with van der Waals surface area (Å²) < 4.78 is 10.5. The minimum Gasteiger partial charge on any atom is -0.465 e. The lowest BCUT2D eigenvalue weighted by atomic mass is 9.74. The molecule has 0 fully saturated rings. The van der Waals surface area contributed by atoms with Crippen LogP contribution in [-0.2, 0) is 14.3 Å². The van der Waals surface area contributed by atoms with Gasteiger partial charge in [0.15, 0.2) is 5.78 Å². The summed E-state index contributed by atoms with van der Waals surface area (Å²) in [6.45, 7) is 2.01. The van der Waals surface area contributed by atoms with Crippen LogP contribution in [0, 0.1) is 5.92 Å². The van der Waals surface area contributed by atoms with Crippen LogP contribution in [0.3, 0.4) is 0 Å². The SMILES string of the molecule is CCOC(=O)C1C(=O)C=C(c2ccco2)CC1c1ccccc1. The fourth-order valence-electron chi connectivity index (χ4n) is 3.03. The molecule has 4 nitrogen and oxygen atoms in total. The van der Waals surface area contributed by atoms with Gasteiger partial charge in [-0.15, -0.1) is 0 Å². The fraction of sp³-hybridized carbons (Fsp3) is 0.263. The lowest BCUT2D eigenvalue weighted by Gasteiger charge is -2.28. The number of rotatable bonds is 4. The summed E-state index contributed by atoms with van der Waals surface area (Å²) >= 11 is 0. The average molecular weight is 310 g/mol. The maximum atomic E-state index is 12.6. The highest BCUT2D eigenvalue weighted by Crippen LogP contribution is 2.40. The van der Waals surface area contributed by atoms with Crippen LogP contribution in [0.5, 0.6) is 0 Å². The monoisotopic (exact) mass is 310 g/mol. The first kappa shape index (κ1) is 15.3. The second-order valence-corrected chi connectivity index (χ2v) is 5.50. The van der Waals surface area contributed by atoms with E-state index in [1.54, 1.807) is 19.3 Å². The van der Waals surface area contributed by atoms with Gasteiger partial charge in [0, 0.05) is 5.92 Å². The Morgan fingerprint density at radius 1 is 1.22 bits per heavy atom. The van der Waals surface area contributed by atoms with Gasteiger partial charge in [0.25, 0.3) is 0 Å². The third-order valence-corrected chi connectivity index (χ3v) is 4.07. The Hall–Kier alpha value is -2.62. The fourth-order valence-corrected chi connectivity index (χ4v) is 3.03. The number of ketones is 1. The molecule has 0 saturated heterocycles.